The second-order valence-corrected chi connectivity index (χ2v) is 8.04. The molecular weight excluding hydrogens is 370 g/mol. The number of anilines is 1. The van der Waals surface area contributed by atoms with Gasteiger partial charge in [-0.25, -0.2) is 0 Å². The summed E-state index contributed by atoms with van der Waals surface area (Å²) in [4.78, 5) is 17.2. The molecule has 0 aliphatic carbocycles. The number of rotatable bonds is 6. The van der Waals surface area contributed by atoms with Crippen molar-refractivity contribution in [2.45, 2.75) is 19.4 Å². The van der Waals surface area contributed by atoms with Crippen molar-refractivity contribution in [3.63, 3.8) is 0 Å². The van der Waals surface area contributed by atoms with Crippen molar-refractivity contribution in [3.8, 4) is 0 Å². The molecule has 0 saturated heterocycles. The second-order valence-electron chi connectivity index (χ2n) is 5.38. The molecule has 0 radical (unpaired) electrons. The van der Waals surface area contributed by atoms with E-state index in [4.69, 9.17) is 12.2 Å². The highest BCUT2D eigenvalue weighted by Crippen LogP contribution is 2.09. The lowest BCUT2D eigenvalue weighted by Crippen LogP contribution is -2.27. The van der Waals surface area contributed by atoms with Crippen molar-refractivity contribution in [2.75, 3.05) is 5.32 Å². The highest BCUT2D eigenvalue weighted by Gasteiger charge is 2.05. The minimum atomic E-state index is -0.0225. The fraction of sp³-hybridized carbons (Fsp3) is 0.167. The van der Waals surface area contributed by atoms with E-state index in [1.165, 1.54) is 4.88 Å². The highest BCUT2D eigenvalue weighted by atomic mass is 32.1. The number of hydrogen-bond donors (Lipinski definition) is 1. The van der Waals surface area contributed by atoms with Gasteiger partial charge in [0.1, 0.15) is 0 Å². The van der Waals surface area contributed by atoms with Crippen LogP contribution in [0.4, 0.5) is 5.69 Å². The number of hydrogen-bond acceptors (Lipinski definition) is 5. The molecule has 7 heteroatoms. The lowest BCUT2D eigenvalue weighted by atomic mass is 10.3. The first-order valence-corrected chi connectivity index (χ1v) is 9.87. The smallest absolute Gasteiger partial charge is 0.224 e. The van der Waals surface area contributed by atoms with Crippen molar-refractivity contribution in [1.82, 2.24) is 9.55 Å². The van der Waals surface area contributed by atoms with Crippen LogP contribution in [0.3, 0.4) is 0 Å². The molecule has 3 aromatic heterocycles. The van der Waals surface area contributed by atoms with Crippen LogP contribution in [0, 0.1) is 3.95 Å². The molecule has 0 unspecified atom stereocenters. The topological polar surface area (TPSA) is 46.9 Å². The molecule has 1 amide bonds. The first kappa shape index (κ1) is 17.7. The summed E-state index contributed by atoms with van der Waals surface area (Å²) in [5.41, 5.74) is 0.713. The number of thiazole rings is 1. The number of nitrogens with zero attached hydrogens (tertiary/aromatic N) is 2. The predicted molar refractivity (Wildman–Crippen MR) is 108 cm³/mol. The van der Waals surface area contributed by atoms with E-state index in [1.807, 2.05) is 22.1 Å². The number of thiophene rings is 1. The first-order chi connectivity index (χ1) is 12.1. The zero-order valence-corrected chi connectivity index (χ0v) is 15.9. The SMILES string of the molecule is C=c1/c(=C/c2cccs2)sc(=S)n1CCCC(=O)Nc1cccnc1. The number of nitrogens with one attached hydrogen (secondary N) is 1. The molecule has 0 aliphatic rings. The minimum absolute atomic E-state index is 0.0225. The average molecular weight is 388 g/mol. The fourth-order valence-electron chi connectivity index (χ4n) is 2.35. The van der Waals surface area contributed by atoms with E-state index in [9.17, 15) is 4.79 Å². The Kier molecular flexibility index (Phi) is 5.91. The number of pyridine rings is 1. The van der Waals surface area contributed by atoms with Gasteiger partial charge in [0, 0.05) is 24.0 Å². The Labute approximate surface area is 158 Å². The third-order valence-corrected chi connectivity index (χ3v) is 5.83. The predicted octanol–water partition coefficient (Wildman–Crippen LogP) is 3.39. The summed E-state index contributed by atoms with van der Waals surface area (Å²) < 4.78 is 3.88. The van der Waals surface area contributed by atoms with Crippen molar-refractivity contribution >= 4 is 59.1 Å². The molecule has 0 spiro atoms. The molecule has 0 aromatic carbocycles. The van der Waals surface area contributed by atoms with Gasteiger partial charge in [0.15, 0.2) is 3.95 Å². The molecule has 3 aromatic rings. The van der Waals surface area contributed by atoms with Crippen LogP contribution < -0.4 is 15.2 Å². The third-order valence-electron chi connectivity index (χ3n) is 3.58. The van der Waals surface area contributed by atoms with Crippen LogP contribution in [-0.4, -0.2) is 15.5 Å². The zero-order valence-electron chi connectivity index (χ0n) is 13.5. The van der Waals surface area contributed by atoms with Crippen LogP contribution in [0.25, 0.3) is 12.7 Å². The summed E-state index contributed by atoms with van der Waals surface area (Å²) in [6.45, 7) is 4.85. The van der Waals surface area contributed by atoms with Crippen molar-refractivity contribution in [1.29, 1.82) is 0 Å². The molecule has 3 rings (SSSR count). The van der Waals surface area contributed by atoms with Crippen LogP contribution in [0.5, 0.6) is 0 Å². The maximum Gasteiger partial charge on any atom is 0.224 e. The molecule has 4 nitrogen and oxygen atoms in total. The summed E-state index contributed by atoms with van der Waals surface area (Å²) in [5, 5.41) is 5.80. The van der Waals surface area contributed by atoms with E-state index in [1.54, 1.807) is 41.1 Å². The van der Waals surface area contributed by atoms with Crippen LogP contribution >= 0.6 is 34.9 Å². The molecule has 0 fully saturated rings. The van der Waals surface area contributed by atoms with Gasteiger partial charge in [0.2, 0.25) is 5.91 Å². The summed E-state index contributed by atoms with van der Waals surface area (Å²) in [5.74, 6) is -0.0225. The van der Waals surface area contributed by atoms with Gasteiger partial charge >= 0.3 is 0 Å². The molecular formula is C18H17N3OS3. The van der Waals surface area contributed by atoms with Gasteiger partial charge in [0.25, 0.3) is 0 Å². The maximum atomic E-state index is 12.0. The largest absolute Gasteiger partial charge is 0.325 e. The van der Waals surface area contributed by atoms with E-state index in [2.05, 4.69) is 29.0 Å². The Morgan fingerprint density at radius 2 is 2.28 bits per heavy atom. The normalized spacial score (nSPS) is 11.6. The second kappa shape index (κ2) is 8.33. The molecule has 0 atom stereocenters. The van der Waals surface area contributed by atoms with Gasteiger partial charge in [-0.15, -0.1) is 22.7 Å². The Balaban J connectivity index is 1.62. The summed E-state index contributed by atoms with van der Waals surface area (Å²) in [6, 6.07) is 7.71. The van der Waals surface area contributed by atoms with Crippen LogP contribution in [-0.2, 0) is 11.3 Å². The highest BCUT2D eigenvalue weighted by molar-refractivity contribution is 7.73. The van der Waals surface area contributed by atoms with Crippen molar-refractivity contribution in [3.05, 3.63) is 60.8 Å². The zero-order chi connectivity index (χ0) is 17.6. The average Bonchev–Trinajstić information content (AvgIpc) is 3.19. The molecule has 128 valence electrons. The Morgan fingerprint density at radius 3 is 3.00 bits per heavy atom. The third kappa shape index (κ3) is 4.72. The van der Waals surface area contributed by atoms with Gasteiger partial charge in [-0.1, -0.05) is 12.6 Å². The first-order valence-electron chi connectivity index (χ1n) is 7.77. The monoisotopic (exact) mass is 387 g/mol. The summed E-state index contributed by atoms with van der Waals surface area (Å²) in [6.07, 6.45) is 6.55. The quantitative estimate of drug-likeness (QED) is 0.660. The van der Waals surface area contributed by atoms with E-state index >= 15 is 0 Å². The van der Waals surface area contributed by atoms with Crippen molar-refractivity contribution in [2.24, 2.45) is 0 Å². The maximum absolute atomic E-state index is 12.0. The minimum Gasteiger partial charge on any atom is -0.325 e. The standard InChI is InChI=1S/C18H17N3OS3/c1-13-16(11-15-6-4-10-24-15)25-18(23)21(13)9-3-7-17(22)20-14-5-2-8-19-12-14/h2,4-6,8,10-12H,1,3,7,9H2,(H,20,22)/b16-11-. The van der Waals surface area contributed by atoms with Gasteiger partial charge in [0.05, 0.1) is 21.8 Å². The lowest BCUT2D eigenvalue weighted by Gasteiger charge is -2.05. The molecule has 25 heavy (non-hydrogen) atoms. The van der Waals surface area contributed by atoms with Gasteiger partial charge in [-0.3, -0.25) is 9.78 Å². The molecule has 3 heterocycles. The number of carbonyl (C=O) groups excluding carboxylic acids is 1. The van der Waals surface area contributed by atoms with E-state index in [0.717, 1.165) is 13.8 Å². The van der Waals surface area contributed by atoms with Crippen LogP contribution in [0.1, 0.15) is 17.7 Å². The van der Waals surface area contributed by atoms with Crippen LogP contribution in [0.2, 0.25) is 0 Å². The lowest BCUT2D eigenvalue weighted by molar-refractivity contribution is -0.116. The van der Waals surface area contributed by atoms with Crippen molar-refractivity contribution < 1.29 is 4.79 Å². The molecule has 0 aliphatic heterocycles. The van der Waals surface area contributed by atoms with Gasteiger partial charge < -0.3 is 9.88 Å². The Morgan fingerprint density at radius 1 is 1.40 bits per heavy atom. The number of amides is 1. The molecule has 0 bridgehead atoms. The fourth-order valence-corrected chi connectivity index (χ4v) is 4.47. The molecule has 1 N–H and O–H groups in total. The number of aromatic nitrogens is 2. The van der Waals surface area contributed by atoms with E-state index in [-0.39, 0.29) is 5.91 Å². The number of carbonyl (C=O) groups is 1. The van der Waals surface area contributed by atoms with Crippen LogP contribution in [0.15, 0.2) is 42.0 Å². The summed E-state index contributed by atoms with van der Waals surface area (Å²) >= 11 is 8.70. The van der Waals surface area contributed by atoms with Gasteiger partial charge in [-0.05, 0) is 48.3 Å². The Bertz CT molecular complexity index is 1000. The van der Waals surface area contributed by atoms with Gasteiger partial charge in [-0.2, -0.15) is 0 Å². The molecule has 0 saturated carbocycles. The Hall–Kier alpha value is -2.09. The summed E-state index contributed by atoms with van der Waals surface area (Å²) in [7, 11) is 0. The van der Waals surface area contributed by atoms with E-state index in [0.29, 0.717) is 25.1 Å². The van der Waals surface area contributed by atoms with E-state index < -0.39 is 0 Å².